The monoisotopic (exact) mass is 272 g/mol. The zero-order valence-electron chi connectivity index (χ0n) is 10.7. The molecule has 3 N–H and O–H groups in total. The van der Waals surface area contributed by atoms with Crippen molar-refractivity contribution >= 4 is 5.69 Å². The second kappa shape index (κ2) is 5.82. The van der Waals surface area contributed by atoms with Crippen molar-refractivity contribution in [3.63, 3.8) is 0 Å². The second-order valence-corrected chi connectivity index (χ2v) is 5.18. The van der Waals surface area contributed by atoms with Crippen LogP contribution in [0.1, 0.15) is 31.2 Å². The van der Waals surface area contributed by atoms with E-state index in [2.05, 4.69) is 5.32 Å². The molecule has 106 valence electrons. The number of hydrogen-bond donors (Lipinski definition) is 2. The molecule has 2 unspecified atom stereocenters. The van der Waals surface area contributed by atoms with Gasteiger partial charge in [-0.3, -0.25) is 0 Å². The zero-order valence-corrected chi connectivity index (χ0v) is 10.7. The van der Waals surface area contributed by atoms with E-state index in [1.54, 1.807) is 6.07 Å². The predicted molar refractivity (Wildman–Crippen MR) is 69.5 cm³/mol. The number of rotatable bonds is 3. The van der Waals surface area contributed by atoms with Crippen molar-refractivity contribution in [3.05, 3.63) is 29.8 Å². The third-order valence-electron chi connectivity index (χ3n) is 3.77. The Balaban J connectivity index is 1.88. The van der Waals surface area contributed by atoms with E-state index in [9.17, 15) is 13.2 Å². The van der Waals surface area contributed by atoms with E-state index in [0.29, 0.717) is 18.7 Å². The SMILES string of the molecule is Nc1ccccc1CNC1CCCC(C(F)(F)F)C1. The van der Waals surface area contributed by atoms with Crippen molar-refractivity contribution in [3.8, 4) is 0 Å². The Bertz CT molecular complexity index is 417. The van der Waals surface area contributed by atoms with Gasteiger partial charge in [-0.15, -0.1) is 0 Å². The first-order chi connectivity index (χ1) is 8.97. The summed E-state index contributed by atoms with van der Waals surface area (Å²) < 4.78 is 38.1. The normalized spacial score (nSPS) is 24.4. The summed E-state index contributed by atoms with van der Waals surface area (Å²) in [7, 11) is 0. The number of nitrogens with one attached hydrogen (secondary N) is 1. The lowest BCUT2D eigenvalue weighted by Crippen LogP contribution is -2.38. The van der Waals surface area contributed by atoms with Crippen LogP contribution in [0.2, 0.25) is 0 Å². The fourth-order valence-electron chi connectivity index (χ4n) is 2.62. The lowest BCUT2D eigenvalue weighted by Gasteiger charge is -2.31. The first-order valence-electron chi connectivity index (χ1n) is 6.60. The summed E-state index contributed by atoms with van der Waals surface area (Å²) in [6.45, 7) is 0.530. The van der Waals surface area contributed by atoms with Gasteiger partial charge in [-0.2, -0.15) is 13.2 Å². The molecule has 0 saturated heterocycles. The quantitative estimate of drug-likeness (QED) is 0.827. The molecule has 2 atom stereocenters. The van der Waals surface area contributed by atoms with E-state index in [4.69, 9.17) is 5.73 Å². The summed E-state index contributed by atoms with van der Waals surface area (Å²) in [6.07, 6.45) is -2.19. The fraction of sp³-hybridized carbons (Fsp3) is 0.571. The molecule has 1 aliphatic rings. The number of benzene rings is 1. The number of hydrogen-bond acceptors (Lipinski definition) is 2. The smallest absolute Gasteiger partial charge is 0.391 e. The zero-order chi connectivity index (χ0) is 13.9. The van der Waals surface area contributed by atoms with Crippen LogP contribution in [0.4, 0.5) is 18.9 Å². The lowest BCUT2D eigenvalue weighted by molar-refractivity contribution is -0.183. The van der Waals surface area contributed by atoms with E-state index < -0.39 is 12.1 Å². The Morgan fingerprint density at radius 1 is 1.21 bits per heavy atom. The predicted octanol–water partition coefficient (Wildman–Crippen LogP) is 3.48. The summed E-state index contributed by atoms with van der Waals surface area (Å²) in [5.41, 5.74) is 7.43. The van der Waals surface area contributed by atoms with E-state index in [1.165, 1.54) is 0 Å². The molecule has 0 radical (unpaired) electrons. The van der Waals surface area contributed by atoms with Crippen molar-refractivity contribution in [1.29, 1.82) is 0 Å². The van der Waals surface area contributed by atoms with Gasteiger partial charge in [0, 0.05) is 18.3 Å². The minimum atomic E-state index is -4.06. The average molecular weight is 272 g/mol. The van der Waals surface area contributed by atoms with Gasteiger partial charge in [0.25, 0.3) is 0 Å². The summed E-state index contributed by atoms with van der Waals surface area (Å²) in [5.74, 6) is -1.16. The molecule has 1 aromatic carbocycles. The summed E-state index contributed by atoms with van der Waals surface area (Å²) in [4.78, 5) is 0. The van der Waals surface area contributed by atoms with Crippen molar-refractivity contribution in [1.82, 2.24) is 5.32 Å². The molecule has 1 fully saturated rings. The number of anilines is 1. The average Bonchev–Trinajstić information content (AvgIpc) is 2.37. The van der Waals surface area contributed by atoms with Gasteiger partial charge in [-0.25, -0.2) is 0 Å². The fourth-order valence-corrected chi connectivity index (χ4v) is 2.62. The van der Waals surface area contributed by atoms with Crippen LogP contribution in [-0.4, -0.2) is 12.2 Å². The van der Waals surface area contributed by atoms with Crippen molar-refractivity contribution in [2.24, 2.45) is 5.92 Å². The van der Waals surface area contributed by atoms with Crippen LogP contribution in [0.25, 0.3) is 0 Å². The van der Waals surface area contributed by atoms with Gasteiger partial charge < -0.3 is 11.1 Å². The molecule has 0 bridgehead atoms. The maximum absolute atomic E-state index is 12.7. The Morgan fingerprint density at radius 3 is 2.63 bits per heavy atom. The molecule has 2 nitrogen and oxygen atoms in total. The van der Waals surface area contributed by atoms with Crippen LogP contribution in [-0.2, 0) is 6.54 Å². The summed E-state index contributed by atoms with van der Waals surface area (Å²) >= 11 is 0. The standard InChI is InChI=1S/C14H19F3N2/c15-14(16,17)11-5-3-6-12(8-11)19-9-10-4-1-2-7-13(10)18/h1-2,4,7,11-12,19H,3,5-6,8-9,18H2. The highest BCUT2D eigenvalue weighted by Crippen LogP contribution is 2.37. The number of nitrogens with two attached hydrogens (primary N) is 1. The van der Waals surface area contributed by atoms with Gasteiger partial charge in [0.15, 0.2) is 0 Å². The van der Waals surface area contributed by atoms with Crippen LogP contribution < -0.4 is 11.1 Å². The van der Waals surface area contributed by atoms with Crippen molar-refractivity contribution < 1.29 is 13.2 Å². The van der Waals surface area contributed by atoms with Crippen LogP contribution in [0.3, 0.4) is 0 Å². The molecule has 1 aliphatic carbocycles. The summed E-state index contributed by atoms with van der Waals surface area (Å²) in [5, 5.41) is 3.20. The largest absolute Gasteiger partial charge is 0.398 e. The Morgan fingerprint density at radius 2 is 1.95 bits per heavy atom. The van der Waals surface area contributed by atoms with Gasteiger partial charge in [-0.05, 0) is 30.9 Å². The van der Waals surface area contributed by atoms with Crippen LogP contribution >= 0.6 is 0 Å². The van der Waals surface area contributed by atoms with E-state index in [0.717, 1.165) is 12.0 Å². The minimum absolute atomic E-state index is 0.0695. The third kappa shape index (κ3) is 3.86. The lowest BCUT2D eigenvalue weighted by atomic mass is 9.85. The topological polar surface area (TPSA) is 38.0 Å². The highest BCUT2D eigenvalue weighted by atomic mass is 19.4. The summed E-state index contributed by atoms with van der Waals surface area (Å²) in [6, 6.07) is 7.36. The molecule has 0 heterocycles. The molecular weight excluding hydrogens is 253 g/mol. The molecule has 0 aromatic heterocycles. The maximum Gasteiger partial charge on any atom is 0.391 e. The van der Waals surface area contributed by atoms with Gasteiger partial charge in [0.05, 0.1) is 5.92 Å². The van der Waals surface area contributed by atoms with Gasteiger partial charge in [0.2, 0.25) is 0 Å². The van der Waals surface area contributed by atoms with Gasteiger partial charge in [-0.1, -0.05) is 24.6 Å². The molecule has 1 saturated carbocycles. The second-order valence-electron chi connectivity index (χ2n) is 5.18. The molecule has 19 heavy (non-hydrogen) atoms. The first-order valence-corrected chi connectivity index (χ1v) is 6.60. The Kier molecular flexibility index (Phi) is 4.34. The number of halogens is 3. The van der Waals surface area contributed by atoms with E-state index >= 15 is 0 Å². The molecule has 2 rings (SSSR count). The molecule has 5 heteroatoms. The number of alkyl halides is 3. The Hall–Kier alpha value is -1.23. The minimum Gasteiger partial charge on any atom is -0.398 e. The first kappa shape index (κ1) is 14.2. The third-order valence-corrected chi connectivity index (χ3v) is 3.77. The number of para-hydroxylation sites is 1. The van der Waals surface area contributed by atoms with Crippen molar-refractivity contribution in [2.45, 2.75) is 44.4 Å². The van der Waals surface area contributed by atoms with Crippen LogP contribution in [0.5, 0.6) is 0 Å². The van der Waals surface area contributed by atoms with Gasteiger partial charge >= 0.3 is 6.18 Å². The molecule has 0 amide bonds. The molecule has 1 aromatic rings. The maximum atomic E-state index is 12.7. The molecular formula is C14H19F3N2. The van der Waals surface area contributed by atoms with Crippen LogP contribution in [0, 0.1) is 5.92 Å². The Labute approximate surface area is 111 Å². The van der Waals surface area contributed by atoms with Gasteiger partial charge in [0.1, 0.15) is 0 Å². The highest BCUT2D eigenvalue weighted by molar-refractivity contribution is 5.46. The van der Waals surface area contributed by atoms with Crippen molar-refractivity contribution in [2.75, 3.05) is 5.73 Å². The van der Waals surface area contributed by atoms with Crippen LogP contribution in [0.15, 0.2) is 24.3 Å². The van der Waals surface area contributed by atoms with E-state index in [1.807, 2.05) is 18.2 Å². The highest BCUT2D eigenvalue weighted by Gasteiger charge is 2.41. The number of nitrogen functional groups attached to an aromatic ring is 1. The van der Waals surface area contributed by atoms with E-state index in [-0.39, 0.29) is 18.9 Å². The molecule has 0 spiro atoms. The molecule has 0 aliphatic heterocycles.